The smallest absolute Gasteiger partial charge is 0.257 e. The quantitative estimate of drug-likeness (QED) is 0.636. The van der Waals surface area contributed by atoms with Crippen LogP contribution in [0.15, 0.2) is 26.9 Å². The van der Waals surface area contributed by atoms with Crippen LogP contribution in [0, 0.1) is 0 Å². The number of hydrazine groups is 1. The molecule has 0 fully saturated rings. The summed E-state index contributed by atoms with van der Waals surface area (Å²) >= 11 is 4.56. The van der Waals surface area contributed by atoms with Crippen LogP contribution in [0.3, 0.4) is 0 Å². The molecule has 0 saturated carbocycles. The van der Waals surface area contributed by atoms with Crippen molar-refractivity contribution in [3.8, 4) is 0 Å². The van der Waals surface area contributed by atoms with Crippen molar-refractivity contribution < 1.29 is 18.3 Å². The fraction of sp³-hybridized carbons (Fsp3) is 0.200. The average molecular weight is 306 g/mol. The van der Waals surface area contributed by atoms with Crippen molar-refractivity contribution >= 4 is 48.7 Å². The normalized spacial score (nSPS) is 27.4. The number of carbonyl (C=O) groups excluding carboxylic acids is 3. The molecule has 0 bridgehead atoms. The van der Waals surface area contributed by atoms with Crippen LogP contribution in [0.5, 0.6) is 0 Å². The Kier molecular flexibility index (Phi) is 2.73. The van der Waals surface area contributed by atoms with Gasteiger partial charge in [0.15, 0.2) is 18.1 Å². The molecule has 5 amide bonds. The first-order valence-electron chi connectivity index (χ1n) is 5.72. The Bertz CT molecular complexity index is 722. The first-order valence-corrected chi connectivity index (χ1v) is 6.09. The molecule has 3 aliphatic rings. The van der Waals surface area contributed by atoms with E-state index in [4.69, 9.17) is 0 Å². The lowest BCUT2D eigenvalue weighted by Crippen LogP contribution is -2.58. The first-order chi connectivity index (χ1) is 9.91. The number of carbonyl (C=O) groups is 3. The molecule has 0 aromatic rings. The number of hydrogen-bond acceptors (Lipinski definition) is 7. The largest absolute Gasteiger partial charge is 0.517 e. The lowest BCUT2D eigenvalue weighted by molar-refractivity contribution is -0.328. The fourth-order valence-electron chi connectivity index (χ4n) is 1.91. The van der Waals surface area contributed by atoms with Crippen LogP contribution in [0.2, 0.25) is 0 Å². The molecule has 0 aromatic heterocycles. The van der Waals surface area contributed by atoms with Crippen molar-refractivity contribution in [2.45, 2.75) is 12.6 Å². The molecule has 10 nitrogen and oxygen atoms in total. The van der Waals surface area contributed by atoms with Crippen molar-refractivity contribution in [1.82, 2.24) is 15.8 Å². The summed E-state index contributed by atoms with van der Waals surface area (Å²) < 4.78 is 0.492. The van der Waals surface area contributed by atoms with Gasteiger partial charge in [-0.1, -0.05) is 3.95 Å². The highest BCUT2D eigenvalue weighted by Crippen LogP contribution is 2.25. The van der Waals surface area contributed by atoms with Crippen LogP contribution < -0.4 is 10.7 Å². The predicted octanol–water partition coefficient (Wildman–Crippen LogP) is -0.969. The highest BCUT2D eigenvalue weighted by Gasteiger charge is 2.47. The fourth-order valence-corrected chi connectivity index (χ4v) is 2.00. The van der Waals surface area contributed by atoms with E-state index >= 15 is 0 Å². The van der Waals surface area contributed by atoms with Gasteiger partial charge in [0.2, 0.25) is 5.82 Å². The summed E-state index contributed by atoms with van der Waals surface area (Å²) in [4.78, 5) is 46.6. The van der Waals surface area contributed by atoms with Crippen LogP contribution in [-0.2, 0) is 17.2 Å². The SMILES string of the molecule is CC12N=CN=CC1=NC(=O)N2NC1=CC(=O)[N+](=S)C(=O)N1. The Hall–Kier alpha value is -2.82. The summed E-state index contributed by atoms with van der Waals surface area (Å²) in [6.07, 6.45) is 3.76. The maximum absolute atomic E-state index is 11.9. The molecular formula is C10H8N7O3S+. The summed E-state index contributed by atoms with van der Waals surface area (Å²) in [6.45, 7) is 1.64. The molecule has 3 rings (SSSR count). The van der Waals surface area contributed by atoms with Gasteiger partial charge >= 0.3 is 18.0 Å². The van der Waals surface area contributed by atoms with Crippen molar-refractivity contribution in [1.29, 1.82) is 0 Å². The van der Waals surface area contributed by atoms with E-state index in [2.05, 4.69) is 38.1 Å². The van der Waals surface area contributed by atoms with Crippen LogP contribution in [-0.4, -0.2) is 50.9 Å². The molecule has 21 heavy (non-hydrogen) atoms. The van der Waals surface area contributed by atoms with E-state index in [0.717, 1.165) is 11.1 Å². The summed E-state index contributed by atoms with van der Waals surface area (Å²) in [5.74, 6) is -0.683. The zero-order chi connectivity index (χ0) is 15.2. The van der Waals surface area contributed by atoms with Crippen LogP contribution in [0.25, 0.3) is 0 Å². The molecule has 0 spiro atoms. The standard InChI is InChI=1S/C10H7N7O3S/c1-10-5(3-11-4-12-10)13-9(20)17(10)15-6-2-7(18)16(21)8(19)14-6/h2-4H,1H3,(H-,14,15,18,19)/p+1. The molecule has 1 atom stereocenters. The molecule has 0 aliphatic carbocycles. The number of amides is 5. The van der Waals surface area contributed by atoms with E-state index < -0.39 is 23.6 Å². The molecule has 0 saturated heterocycles. The van der Waals surface area contributed by atoms with E-state index in [1.165, 1.54) is 12.6 Å². The van der Waals surface area contributed by atoms with Gasteiger partial charge in [0.05, 0.1) is 12.3 Å². The molecular weight excluding hydrogens is 298 g/mol. The van der Waals surface area contributed by atoms with E-state index in [-0.39, 0.29) is 5.82 Å². The van der Waals surface area contributed by atoms with Gasteiger partial charge in [0.1, 0.15) is 12.1 Å². The minimum Gasteiger partial charge on any atom is -0.257 e. The third-order valence-electron chi connectivity index (χ3n) is 3.03. The third kappa shape index (κ3) is 1.94. The van der Waals surface area contributed by atoms with Crippen molar-refractivity contribution in [3.05, 3.63) is 11.9 Å². The molecule has 106 valence electrons. The van der Waals surface area contributed by atoms with Crippen LogP contribution in [0.4, 0.5) is 9.59 Å². The summed E-state index contributed by atoms with van der Waals surface area (Å²) in [6, 6.07) is -1.41. The minimum absolute atomic E-state index is 0.00911. The summed E-state index contributed by atoms with van der Waals surface area (Å²) in [5.41, 5.74) is 1.87. The van der Waals surface area contributed by atoms with E-state index in [9.17, 15) is 14.4 Å². The van der Waals surface area contributed by atoms with Gasteiger partial charge in [-0.25, -0.2) is 19.6 Å². The van der Waals surface area contributed by atoms with E-state index in [1.54, 1.807) is 6.92 Å². The molecule has 3 heterocycles. The monoisotopic (exact) mass is 306 g/mol. The molecule has 0 aromatic carbocycles. The maximum Gasteiger partial charge on any atom is 0.517 e. The summed E-state index contributed by atoms with van der Waals surface area (Å²) in [5, 5.41) is 3.42. The number of nitrogens with one attached hydrogen (secondary N) is 2. The molecule has 1 unspecified atom stereocenters. The zero-order valence-electron chi connectivity index (χ0n) is 10.6. The van der Waals surface area contributed by atoms with Crippen molar-refractivity contribution in [2.75, 3.05) is 0 Å². The van der Waals surface area contributed by atoms with Gasteiger partial charge < -0.3 is 0 Å². The Morgan fingerprint density at radius 3 is 2.90 bits per heavy atom. The van der Waals surface area contributed by atoms with Crippen LogP contribution >= 0.6 is 0 Å². The molecule has 11 heteroatoms. The molecule has 2 N–H and O–H groups in total. The van der Waals surface area contributed by atoms with Gasteiger partial charge in [0, 0.05) is 0 Å². The van der Waals surface area contributed by atoms with E-state index in [1.807, 2.05) is 0 Å². The van der Waals surface area contributed by atoms with Gasteiger partial charge in [0.25, 0.3) is 0 Å². The molecule has 0 radical (unpaired) electrons. The Morgan fingerprint density at radius 1 is 1.43 bits per heavy atom. The van der Waals surface area contributed by atoms with Crippen molar-refractivity contribution in [3.63, 3.8) is 0 Å². The topological polar surface area (TPSA) is 119 Å². The van der Waals surface area contributed by atoms with Gasteiger partial charge in [-0.05, 0) is 6.92 Å². The molecule has 3 aliphatic heterocycles. The second-order valence-corrected chi connectivity index (χ2v) is 4.76. The van der Waals surface area contributed by atoms with Gasteiger partial charge in [-0.15, -0.1) is 0 Å². The predicted molar refractivity (Wildman–Crippen MR) is 72.4 cm³/mol. The number of aliphatic imine (C=N–C) groups is 3. The van der Waals surface area contributed by atoms with Gasteiger partial charge in [-0.3, -0.25) is 5.43 Å². The Labute approximate surface area is 123 Å². The number of urea groups is 2. The van der Waals surface area contributed by atoms with Crippen LogP contribution in [0.1, 0.15) is 6.92 Å². The second-order valence-electron chi connectivity index (χ2n) is 4.39. The number of nitrogens with zero attached hydrogens (tertiary/aromatic N) is 5. The van der Waals surface area contributed by atoms with Crippen molar-refractivity contribution in [2.24, 2.45) is 15.0 Å². The number of imide groups is 1. The Morgan fingerprint density at radius 2 is 2.19 bits per heavy atom. The zero-order valence-corrected chi connectivity index (χ0v) is 11.4. The third-order valence-corrected chi connectivity index (χ3v) is 3.37. The highest BCUT2D eigenvalue weighted by molar-refractivity contribution is 7.45. The summed E-state index contributed by atoms with van der Waals surface area (Å²) in [7, 11) is 0. The first kappa shape index (κ1) is 13.2. The Balaban J connectivity index is 1.88. The number of fused-ring (bicyclic) bond motifs is 1. The second kappa shape index (κ2) is 4.34. The lowest BCUT2D eigenvalue weighted by atomic mass is 10.1. The highest BCUT2D eigenvalue weighted by atomic mass is 32.1. The lowest BCUT2D eigenvalue weighted by Gasteiger charge is -2.32. The minimum atomic E-state index is -1.10. The number of rotatable bonds is 2. The average Bonchev–Trinajstić information content (AvgIpc) is 2.68. The number of hydrogen-bond donors (Lipinski definition) is 2. The van der Waals surface area contributed by atoms with Gasteiger partial charge in [-0.2, -0.15) is 20.1 Å². The van der Waals surface area contributed by atoms with E-state index in [0.29, 0.717) is 9.66 Å². The maximum atomic E-state index is 11.9.